The van der Waals surface area contributed by atoms with Gasteiger partial charge in [0.2, 0.25) is 0 Å². The average molecular weight is 408 g/mol. The molecule has 0 spiro atoms. The van der Waals surface area contributed by atoms with Gasteiger partial charge in [0, 0.05) is 5.56 Å². The molecule has 2 aromatic rings. The second-order valence-corrected chi connectivity index (χ2v) is 5.68. The van der Waals surface area contributed by atoms with Crippen molar-refractivity contribution in [2.45, 2.75) is 25.4 Å². The lowest BCUT2D eigenvalue weighted by atomic mass is 9.96. The first-order valence-electron chi connectivity index (χ1n) is 7.99. The molecule has 8 heteroatoms. The predicted molar refractivity (Wildman–Crippen MR) is 102 cm³/mol. The molecular weight excluding hydrogens is 383 g/mol. The monoisotopic (exact) mass is 407 g/mol. The van der Waals surface area contributed by atoms with Crippen molar-refractivity contribution >= 4 is 12.4 Å². The molecule has 0 aliphatic heterocycles. The summed E-state index contributed by atoms with van der Waals surface area (Å²) in [6, 6.07) is 9.14. The van der Waals surface area contributed by atoms with Crippen LogP contribution >= 0.6 is 12.4 Å². The van der Waals surface area contributed by atoms with Crippen molar-refractivity contribution < 1.29 is 28.1 Å². The number of halogens is 4. The van der Waals surface area contributed by atoms with Gasteiger partial charge < -0.3 is 20.7 Å². The molecule has 0 amide bonds. The Kier molecular flexibility index (Phi) is 10.2. The lowest BCUT2D eigenvalue weighted by Gasteiger charge is -2.17. The summed E-state index contributed by atoms with van der Waals surface area (Å²) in [5.74, 6) is 1.21. The van der Waals surface area contributed by atoms with Crippen molar-refractivity contribution in [3.8, 4) is 11.5 Å². The van der Waals surface area contributed by atoms with E-state index in [4.69, 9.17) is 15.2 Å². The first kappa shape index (κ1) is 25.0. The third-order valence-electron chi connectivity index (χ3n) is 4.08. The lowest BCUT2D eigenvalue weighted by molar-refractivity contribution is -0.137. The van der Waals surface area contributed by atoms with Gasteiger partial charge in [0.25, 0.3) is 0 Å². The van der Waals surface area contributed by atoms with Crippen molar-refractivity contribution in [2.24, 2.45) is 5.73 Å². The maximum absolute atomic E-state index is 12.9. The number of aryl methyl sites for hydroxylation is 1. The number of nitrogens with two attached hydrogens (primary N) is 1. The Morgan fingerprint density at radius 1 is 0.963 bits per heavy atom. The van der Waals surface area contributed by atoms with E-state index in [2.05, 4.69) is 0 Å². The molecule has 0 aliphatic rings. The summed E-state index contributed by atoms with van der Waals surface area (Å²) in [7, 11) is 3.11. The highest BCUT2D eigenvalue weighted by molar-refractivity contribution is 5.85. The van der Waals surface area contributed by atoms with Gasteiger partial charge in [0.05, 0.1) is 19.8 Å². The van der Waals surface area contributed by atoms with Gasteiger partial charge in [-0.2, -0.15) is 13.2 Å². The summed E-state index contributed by atoms with van der Waals surface area (Å²) in [5.41, 5.74) is 7.60. The van der Waals surface area contributed by atoms with Gasteiger partial charge in [-0.1, -0.05) is 24.3 Å². The van der Waals surface area contributed by atoms with Crippen LogP contribution in [0.25, 0.3) is 0 Å². The standard InChI is InChI=1S/C19H22F3NO2.ClH.H2O/c1-24-17-9-7-14(10-11-23)16(18(17)25-2)8-6-13-4-3-5-15(12-13)19(20,21)22;;/h3-5,7,9,12H,6,8,10-11,23H2,1-2H3;1H;1H2. The first-order chi connectivity index (χ1) is 11.9. The Bertz CT molecular complexity index is 724. The number of methoxy groups -OCH3 is 2. The van der Waals surface area contributed by atoms with Crippen molar-refractivity contribution in [1.29, 1.82) is 0 Å². The van der Waals surface area contributed by atoms with Crippen LogP contribution in [0.3, 0.4) is 0 Å². The van der Waals surface area contributed by atoms with Gasteiger partial charge in [0.15, 0.2) is 11.5 Å². The van der Waals surface area contributed by atoms with Crippen LogP contribution in [0, 0.1) is 0 Å². The van der Waals surface area contributed by atoms with Gasteiger partial charge in [0.1, 0.15) is 0 Å². The van der Waals surface area contributed by atoms with Crippen LogP contribution in [-0.2, 0) is 25.4 Å². The zero-order valence-corrected chi connectivity index (χ0v) is 16.0. The molecule has 0 fully saturated rings. The number of benzene rings is 2. The number of rotatable bonds is 7. The molecule has 0 bridgehead atoms. The minimum absolute atomic E-state index is 0. The Hall–Kier alpha value is -1.96. The summed E-state index contributed by atoms with van der Waals surface area (Å²) in [5, 5.41) is 0. The van der Waals surface area contributed by atoms with Gasteiger partial charge in [-0.25, -0.2) is 0 Å². The molecule has 2 rings (SSSR count). The summed E-state index contributed by atoms with van der Waals surface area (Å²) >= 11 is 0. The van der Waals surface area contributed by atoms with Gasteiger partial charge >= 0.3 is 6.18 Å². The van der Waals surface area contributed by atoms with Crippen molar-refractivity contribution in [3.05, 3.63) is 58.7 Å². The summed E-state index contributed by atoms with van der Waals surface area (Å²) in [4.78, 5) is 0. The molecule has 27 heavy (non-hydrogen) atoms. The van der Waals surface area contributed by atoms with Crippen molar-refractivity contribution in [3.63, 3.8) is 0 Å². The molecule has 4 N–H and O–H groups in total. The SMILES string of the molecule is COc1ccc(CCN)c(CCc2cccc(C(F)(F)F)c2)c1OC.Cl.O. The lowest BCUT2D eigenvalue weighted by Crippen LogP contribution is -2.09. The van der Waals surface area contributed by atoms with Crippen LogP contribution in [0.5, 0.6) is 11.5 Å². The zero-order valence-electron chi connectivity index (χ0n) is 15.2. The molecule has 0 saturated carbocycles. The normalized spacial score (nSPS) is 10.6. The number of ether oxygens (including phenoxy) is 2. The molecule has 152 valence electrons. The van der Waals surface area contributed by atoms with Gasteiger partial charge in [-0.05, 0) is 49.1 Å². The number of hydrogen-bond acceptors (Lipinski definition) is 3. The largest absolute Gasteiger partial charge is 0.493 e. The van der Waals surface area contributed by atoms with Crippen LogP contribution in [0.1, 0.15) is 22.3 Å². The summed E-state index contributed by atoms with van der Waals surface area (Å²) in [6.07, 6.45) is -2.67. The Morgan fingerprint density at radius 3 is 2.22 bits per heavy atom. The maximum Gasteiger partial charge on any atom is 0.416 e. The Morgan fingerprint density at radius 2 is 1.67 bits per heavy atom. The highest BCUT2D eigenvalue weighted by Crippen LogP contribution is 2.35. The fourth-order valence-electron chi connectivity index (χ4n) is 2.87. The van der Waals surface area contributed by atoms with Crippen LogP contribution in [0.15, 0.2) is 36.4 Å². The van der Waals surface area contributed by atoms with Gasteiger partial charge in [-0.3, -0.25) is 0 Å². The predicted octanol–water partition coefficient (Wildman–Crippen LogP) is 3.61. The second-order valence-electron chi connectivity index (χ2n) is 5.68. The van der Waals surface area contributed by atoms with E-state index in [-0.39, 0.29) is 17.9 Å². The summed E-state index contributed by atoms with van der Waals surface area (Å²) in [6.45, 7) is 0.478. The fourth-order valence-corrected chi connectivity index (χ4v) is 2.87. The summed E-state index contributed by atoms with van der Waals surface area (Å²) < 4.78 is 49.4. The maximum atomic E-state index is 12.9. The van der Waals surface area contributed by atoms with Gasteiger partial charge in [-0.15, -0.1) is 12.4 Å². The molecule has 0 atom stereocenters. The van der Waals surface area contributed by atoms with Crippen LogP contribution in [-0.4, -0.2) is 26.2 Å². The van der Waals surface area contributed by atoms with E-state index in [0.29, 0.717) is 42.9 Å². The number of hydrogen-bond donors (Lipinski definition) is 1. The third kappa shape index (κ3) is 6.30. The minimum atomic E-state index is -4.34. The minimum Gasteiger partial charge on any atom is -0.493 e. The van der Waals surface area contributed by atoms with E-state index in [1.54, 1.807) is 20.3 Å². The van der Waals surface area contributed by atoms with E-state index >= 15 is 0 Å². The smallest absolute Gasteiger partial charge is 0.416 e. The average Bonchev–Trinajstić information content (AvgIpc) is 2.59. The highest BCUT2D eigenvalue weighted by atomic mass is 35.5. The molecule has 0 saturated heterocycles. The van der Waals surface area contributed by atoms with Crippen molar-refractivity contribution in [1.82, 2.24) is 0 Å². The molecule has 0 radical (unpaired) electrons. The second kappa shape index (κ2) is 11.0. The van der Waals surface area contributed by atoms with Crippen LogP contribution in [0.2, 0.25) is 0 Å². The van der Waals surface area contributed by atoms with Crippen LogP contribution < -0.4 is 15.2 Å². The molecule has 0 aromatic heterocycles. The molecule has 0 aliphatic carbocycles. The topological polar surface area (TPSA) is 76.0 Å². The molecular formula is C19H25ClF3NO3. The fraction of sp³-hybridized carbons (Fsp3) is 0.368. The zero-order chi connectivity index (χ0) is 18.4. The quantitative estimate of drug-likeness (QED) is 0.761. The Balaban J connectivity index is 0.00000338. The molecule has 2 aromatic carbocycles. The van der Waals surface area contributed by atoms with E-state index in [9.17, 15) is 13.2 Å². The van der Waals surface area contributed by atoms with Crippen LogP contribution in [0.4, 0.5) is 13.2 Å². The first-order valence-corrected chi connectivity index (χ1v) is 7.99. The van der Waals surface area contributed by atoms with E-state index < -0.39 is 11.7 Å². The van der Waals surface area contributed by atoms with E-state index in [1.807, 2.05) is 12.1 Å². The molecule has 4 nitrogen and oxygen atoms in total. The van der Waals surface area contributed by atoms with E-state index in [1.165, 1.54) is 12.1 Å². The molecule has 0 unspecified atom stereocenters. The van der Waals surface area contributed by atoms with Crippen molar-refractivity contribution in [2.75, 3.05) is 20.8 Å². The highest BCUT2D eigenvalue weighted by Gasteiger charge is 2.30. The molecule has 0 heterocycles. The Labute approximate surface area is 163 Å². The van der Waals surface area contributed by atoms with E-state index in [0.717, 1.165) is 17.2 Å². The third-order valence-corrected chi connectivity index (χ3v) is 4.08. The number of alkyl halides is 3.